The van der Waals surface area contributed by atoms with Crippen LogP contribution in [0.15, 0.2) is 42.5 Å². The third kappa shape index (κ3) is 3.36. The summed E-state index contributed by atoms with van der Waals surface area (Å²) in [6.45, 7) is 6.72. The molecule has 0 bridgehead atoms. The summed E-state index contributed by atoms with van der Waals surface area (Å²) in [4.78, 5) is 0. The Morgan fingerprint density at radius 1 is 1.11 bits per heavy atom. The van der Waals surface area contributed by atoms with Crippen molar-refractivity contribution in [1.29, 1.82) is 0 Å². The van der Waals surface area contributed by atoms with Crippen LogP contribution in [-0.4, -0.2) is 0 Å². The molecule has 1 atom stereocenters. The van der Waals surface area contributed by atoms with Crippen molar-refractivity contribution >= 4 is 0 Å². The van der Waals surface area contributed by atoms with Crippen LogP contribution in [0.25, 0.3) is 0 Å². The Kier molecular flexibility index (Phi) is 4.23. The van der Waals surface area contributed by atoms with E-state index in [0.717, 1.165) is 11.3 Å². The van der Waals surface area contributed by atoms with Gasteiger partial charge in [-0.15, -0.1) is 0 Å². The molecule has 0 heterocycles. The maximum Gasteiger partial charge on any atom is 0.124 e. The highest BCUT2D eigenvalue weighted by molar-refractivity contribution is 5.39. The largest absolute Gasteiger partial charge is 0.489 e. The number of hydrogen-bond acceptors (Lipinski definition) is 2. The van der Waals surface area contributed by atoms with E-state index in [0.29, 0.717) is 6.61 Å². The Morgan fingerprint density at radius 3 is 2.53 bits per heavy atom. The molecule has 2 rings (SSSR count). The summed E-state index contributed by atoms with van der Waals surface area (Å²) in [5.41, 5.74) is 10.7. The number of nitrogens with two attached hydrogens (primary N) is 1. The molecule has 0 spiro atoms. The normalized spacial score (nSPS) is 12.2. The summed E-state index contributed by atoms with van der Waals surface area (Å²) in [6.07, 6.45) is 0. The van der Waals surface area contributed by atoms with Crippen LogP contribution in [0.1, 0.15) is 35.2 Å². The lowest BCUT2D eigenvalue weighted by Gasteiger charge is -2.15. The SMILES string of the molecule is Cc1ccc(C(C)N)c(OCc2ccccc2C)c1. The zero-order valence-corrected chi connectivity index (χ0v) is 11.8. The van der Waals surface area contributed by atoms with Gasteiger partial charge in [0.15, 0.2) is 0 Å². The van der Waals surface area contributed by atoms with Gasteiger partial charge in [0.1, 0.15) is 12.4 Å². The number of aryl methyl sites for hydroxylation is 2. The van der Waals surface area contributed by atoms with Gasteiger partial charge in [-0.05, 0) is 43.5 Å². The summed E-state index contributed by atoms with van der Waals surface area (Å²) in [7, 11) is 0. The minimum atomic E-state index is -0.0209. The Morgan fingerprint density at radius 2 is 1.84 bits per heavy atom. The van der Waals surface area contributed by atoms with E-state index in [1.165, 1.54) is 16.7 Å². The van der Waals surface area contributed by atoms with Gasteiger partial charge in [0.25, 0.3) is 0 Å². The van der Waals surface area contributed by atoms with Crippen molar-refractivity contribution in [3.05, 3.63) is 64.7 Å². The van der Waals surface area contributed by atoms with E-state index < -0.39 is 0 Å². The number of ether oxygens (including phenoxy) is 1. The van der Waals surface area contributed by atoms with Crippen LogP contribution >= 0.6 is 0 Å². The van der Waals surface area contributed by atoms with Crippen molar-refractivity contribution in [3.63, 3.8) is 0 Å². The van der Waals surface area contributed by atoms with E-state index >= 15 is 0 Å². The zero-order valence-electron chi connectivity index (χ0n) is 11.8. The minimum absolute atomic E-state index is 0.0209. The molecule has 100 valence electrons. The van der Waals surface area contributed by atoms with Gasteiger partial charge < -0.3 is 10.5 Å². The summed E-state index contributed by atoms with van der Waals surface area (Å²) in [5, 5.41) is 0. The summed E-state index contributed by atoms with van der Waals surface area (Å²) in [5.74, 6) is 0.887. The van der Waals surface area contributed by atoms with Crippen LogP contribution in [0.5, 0.6) is 5.75 Å². The molecule has 0 radical (unpaired) electrons. The molecule has 2 aromatic carbocycles. The number of rotatable bonds is 4. The third-order valence-electron chi connectivity index (χ3n) is 3.30. The van der Waals surface area contributed by atoms with Crippen LogP contribution in [0.4, 0.5) is 0 Å². The highest BCUT2D eigenvalue weighted by atomic mass is 16.5. The monoisotopic (exact) mass is 255 g/mol. The standard InChI is InChI=1S/C17H21NO/c1-12-8-9-16(14(3)18)17(10-12)19-11-15-7-5-4-6-13(15)2/h4-10,14H,11,18H2,1-3H3. The Hall–Kier alpha value is -1.80. The molecule has 0 fully saturated rings. The highest BCUT2D eigenvalue weighted by Gasteiger charge is 2.09. The predicted molar refractivity (Wildman–Crippen MR) is 79.3 cm³/mol. The van der Waals surface area contributed by atoms with Gasteiger partial charge >= 0.3 is 0 Å². The lowest BCUT2D eigenvalue weighted by molar-refractivity contribution is 0.300. The zero-order chi connectivity index (χ0) is 13.8. The first-order valence-corrected chi connectivity index (χ1v) is 6.61. The molecule has 2 nitrogen and oxygen atoms in total. The number of hydrogen-bond donors (Lipinski definition) is 1. The van der Waals surface area contributed by atoms with E-state index in [1.807, 2.05) is 25.1 Å². The van der Waals surface area contributed by atoms with Gasteiger partial charge in [0, 0.05) is 11.6 Å². The van der Waals surface area contributed by atoms with Crippen LogP contribution in [-0.2, 0) is 6.61 Å². The Balaban J connectivity index is 2.19. The lowest BCUT2D eigenvalue weighted by atomic mass is 10.1. The van der Waals surface area contributed by atoms with Crippen molar-refractivity contribution in [1.82, 2.24) is 0 Å². The quantitative estimate of drug-likeness (QED) is 0.899. The molecule has 0 saturated heterocycles. The van der Waals surface area contributed by atoms with Crippen molar-refractivity contribution in [2.75, 3.05) is 0 Å². The molecular weight excluding hydrogens is 234 g/mol. The van der Waals surface area contributed by atoms with E-state index in [2.05, 4.69) is 38.1 Å². The fraction of sp³-hybridized carbons (Fsp3) is 0.294. The first-order valence-electron chi connectivity index (χ1n) is 6.61. The molecule has 0 aliphatic heterocycles. The molecule has 0 aliphatic carbocycles. The van der Waals surface area contributed by atoms with E-state index in [-0.39, 0.29) is 6.04 Å². The highest BCUT2D eigenvalue weighted by Crippen LogP contribution is 2.26. The lowest BCUT2D eigenvalue weighted by Crippen LogP contribution is -2.08. The third-order valence-corrected chi connectivity index (χ3v) is 3.30. The van der Waals surface area contributed by atoms with Gasteiger partial charge in [-0.25, -0.2) is 0 Å². The van der Waals surface area contributed by atoms with Crippen LogP contribution in [0.2, 0.25) is 0 Å². The van der Waals surface area contributed by atoms with Gasteiger partial charge in [-0.3, -0.25) is 0 Å². The molecular formula is C17H21NO. The first-order chi connectivity index (χ1) is 9.08. The maximum absolute atomic E-state index is 5.98. The molecule has 0 aliphatic rings. The van der Waals surface area contributed by atoms with Crippen LogP contribution in [0.3, 0.4) is 0 Å². The average Bonchev–Trinajstić information content (AvgIpc) is 2.37. The van der Waals surface area contributed by atoms with Gasteiger partial charge in [0.2, 0.25) is 0 Å². The van der Waals surface area contributed by atoms with Gasteiger partial charge in [-0.2, -0.15) is 0 Å². The second-order valence-corrected chi connectivity index (χ2v) is 5.05. The maximum atomic E-state index is 5.98. The Bertz CT molecular complexity index is 561. The fourth-order valence-corrected chi connectivity index (χ4v) is 2.07. The van der Waals surface area contributed by atoms with E-state index in [1.54, 1.807) is 0 Å². The topological polar surface area (TPSA) is 35.2 Å². The molecule has 0 amide bonds. The smallest absolute Gasteiger partial charge is 0.124 e. The van der Waals surface area contributed by atoms with Crippen LogP contribution in [0, 0.1) is 13.8 Å². The average molecular weight is 255 g/mol. The summed E-state index contributed by atoms with van der Waals surface area (Å²) < 4.78 is 5.97. The van der Waals surface area contributed by atoms with Crippen molar-refractivity contribution in [2.24, 2.45) is 5.73 Å². The Labute approximate surface area is 115 Å². The van der Waals surface area contributed by atoms with Crippen molar-refractivity contribution in [2.45, 2.75) is 33.4 Å². The summed E-state index contributed by atoms with van der Waals surface area (Å²) >= 11 is 0. The molecule has 2 aromatic rings. The van der Waals surface area contributed by atoms with Gasteiger partial charge in [0.05, 0.1) is 0 Å². The van der Waals surface area contributed by atoms with Gasteiger partial charge in [-0.1, -0.05) is 36.4 Å². The molecule has 19 heavy (non-hydrogen) atoms. The van der Waals surface area contributed by atoms with Crippen molar-refractivity contribution < 1.29 is 4.74 Å². The second kappa shape index (κ2) is 5.89. The molecule has 1 unspecified atom stereocenters. The molecule has 2 N–H and O–H groups in total. The fourth-order valence-electron chi connectivity index (χ4n) is 2.07. The van der Waals surface area contributed by atoms with E-state index in [9.17, 15) is 0 Å². The van der Waals surface area contributed by atoms with Crippen LogP contribution < -0.4 is 10.5 Å². The second-order valence-electron chi connectivity index (χ2n) is 5.05. The van der Waals surface area contributed by atoms with E-state index in [4.69, 9.17) is 10.5 Å². The minimum Gasteiger partial charge on any atom is -0.489 e. The molecule has 0 saturated carbocycles. The summed E-state index contributed by atoms with van der Waals surface area (Å²) in [6, 6.07) is 14.4. The molecule has 0 aromatic heterocycles. The van der Waals surface area contributed by atoms with Crippen molar-refractivity contribution in [3.8, 4) is 5.75 Å². The predicted octanol–water partition coefficient (Wildman–Crippen LogP) is 3.90. The first kappa shape index (κ1) is 13.6. The number of benzene rings is 2. The molecule has 2 heteroatoms.